The topological polar surface area (TPSA) is 37.2 Å². The van der Waals surface area contributed by atoms with Crippen LogP contribution in [-0.2, 0) is 0 Å². The lowest BCUT2D eigenvalue weighted by molar-refractivity contribution is 0.132. The third-order valence-corrected chi connectivity index (χ3v) is 4.14. The average Bonchev–Trinajstić information content (AvgIpc) is 2.92. The minimum atomic E-state index is -0.529. The van der Waals surface area contributed by atoms with Crippen molar-refractivity contribution in [2.75, 3.05) is 13.6 Å². The number of fused-ring (bicyclic) bond motifs is 1. The standard InChI is InChI=1S/C18H19ClN2O/c1-20-12-17(22)18(13-5-3-2-4-6-13)21-10-9-14-11-15(19)7-8-16(14)21/h2-11,17-18,20,22H,12H2,1H3/t17-,18+/m1/s1. The highest BCUT2D eigenvalue weighted by Crippen LogP contribution is 2.29. The van der Waals surface area contributed by atoms with Crippen LogP contribution in [0.15, 0.2) is 60.8 Å². The van der Waals surface area contributed by atoms with Gasteiger partial charge in [0.05, 0.1) is 12.1 Å². The van der Waals surface area contributed by atoms with Crippen LogP contribution in [0.25, 0.3) is 10.9 Å². The van der Waals surface area contributed by atoms with E-state index in [9.17, 15) is 5.11 Å². The molecule has 0 saturated heterocycles. The van der Waals surface area contributed by atoms with Crippen LogP contribution in [0.1, 0.15) is 11.6 Å². The van der Waals surface area contributed by atoms with Crippen LogP contribution in [0.3, 0.4) is 0 Å². The van der Waals surface area contributed by atoms with Gasteiger partial charge in [0, 0.05) is 28.7 Å². The monoisotopic (exact) mass is 314 g/mol. The fourth-order valence-electron chi connectivity index (χ4n) is 2.92. The Morgan fingerprint density at radius 3 is 2.64 bits per heavy atom. The van der Waals surface area contributed by atoms with Crippen molar-refractivity contribution in [3.05, 3.63) is 71.4 Å². The first kappa shape index (κ1) is 15.1. The van der Waals surface area contributed by atoms with Gasteiger partial charge in [0.25, 0.3) is 0 Å². The van der Waals surface area contributed by atoms with Crippen molar-refractivity contribution in [3.63, 3.8) is 0 Å². The predicted octanol–water partition coefficient (Wildman–Crippen LogP) is 3.46. The van der Waals surface area contributed by atoms with Crippen LogP contribution in [-0.4, -0.2) is 29.4 Å². The molecule has 114 valence electrons. The molecule has 0 spiro atoms. The first-order valence-electron chi connectivity index (χ1n) is 7.34. The van der Waals surface area contributed by atoms with E-state index in [4.69, 9.17) is 11.6 Å². The third-order valence-electron chi connectivity index (χ3n) is 3.90. The normalized spacial score (nSPS) is 14.1. The van der Waals surface area contributed by atoms with Crippen LogP contribution in [0.2, 0.25) is 5.02 Å². The molecule has 0 unspecified atom stereocenters. The van der Waals surface area contributed by atoms with Gasteiger partial charge in [0.1, 0.15) is 0 Å². The number of hydrogen-bond acceptors (Lipinski definition) is 2. The molecule has 0 radical (unpaired) electrons. The van der Waals surface area contributed by atoms with Crippen molar-refractivity contribution < 1.29 is 5.11 Å². The van der Waals surface area contributed by atoms with E-state index in [1.54, 1.807) is 0 Å². The molecule has 22 heavy (non-hydrogen) atoms. The van der Waals surface area contributed by atoms with Gasteiger partial charge >= 0.3 is 0 Å². The molecule has 0 amide bonds. The summed E-state index contributed by atoms with van der Waals surface area (Å²) < 4.78 is 2.11. The molecule has 2 N–H and O–H groups in total. The van der Waals surface area contributed by atoms with Gasteiger partial charge in [-0.05, 0) is 36.9 Å². The van der Waals surface area contributed by atoms with E-state index in [1.807, 2.05) is 67.8 Å². The molecule has 0 saturated carbocycles. The summed E-state index contributed by atoms with van der Waals surface area (Å²) in [7, 11) is 1.85. The summed E-state index contributed by atoms with van der Waals surface area (Å²) in [5.74, 6) is 0. The summed E-state index contributed by atoms with van der Waals surface area (Å²) >= 11 is 6.07. The van der Waals surface area contributed by atoms with Gasteiger partial charge in [-0.3, -0.25) is 0 Å². The highest BCUT2D eigenvalue weighted by atomic mass is 35.5. The van der Waals surface area contributed by atoms with Crippen molar-refractivity contribution >= 4 is 22.5 Å². The molecule has 0 aliphatic carbocycles. The highest BCUT2D eigenvalue weighted by Gasteiger charge is 2.23. The number of likely N-dealkylation sites (N-methyl/N-ethyl adjacent to an activating group) is 1. The molecular formula is C18H19ClN2O. The lowest BCUT2D eigenvalue weighted by Crippen LogP contribution is -2.33. The van der Waals surface area contributed by atoms with E-state index < -0.39 is 6.10 Å². The van der Waals surface area contributed by atoms with E-state index >= 15 is 0 Å². The lowest BCUT2D eigenvalue weighted by Gasteiger charge is -2.26. The average molecular weight is 315 g/mol. The van der Waals surface area contributed by atoms with Crippen LogP contribution < -0.4 is 5.32 Å². The van der Waals surface area contributed by atoms with Crippen LogP contribution in [0.4, 0.5) is 0 Å². The number of rotatable bonds is 5. The quantitative estimate of drug-likeness (QED) is 0.756. The number of halogens is 1. The number of aromatic nitrogens is 1. The second-order valence-corrected chi connectivity index (χ2v) is 5.84. The molecule has 2 aromatic carbocycles. The molecule has 0 bridgehead atoms. The van der Waals surface area contributed by atoms with E-state index in [1.165, 1.54) is 0 Å². The van der Waals surface area contributed by atoms with Crippen molar-refractivity contribution in [2.24, 2.45) is 0 Å². The molecule has 3 rings (SSSR count). The Bertz CT molecular complexity index is 754. The third kappa shape index (κ3) is 2.88. The maximum absolute atomic E-state index is 10.6. The number of aliphatic hydroxyl groups is 1. The van der Waals surface area contributed by atoms with Crippen molar-refractivity contribution in [2.45, 2.75) is 12.1 Å². The van der Waals surface area contributed by atoms with Crippen LogP contribution in [0, 0.1) is 0 Å². The SMILES string of the molecule is CNC[C@@H](O)[C@H](c1ccccc1)n1ccc2cc(Cl)ccc21. The fraction of sp³-hybridized carbons (Fsp3) is 0.222. The zero-order valence-electron chi connectivity index (χ0n) is 12.4. The van der Waals surface area contributed by atoms with Gasteiger partial charge in [0.2, 0.25) is 0 Å². The summed E-state index contributed by atoms with van der Waals surface area (Å²) in [5.41, 5.74) is 2.14. The Balaban J connectivity index is 2.11. The Hall–Kier alpha value is -1.81. The minimum Gasteiger partial charge on any atom is -0.389 e. The molecule has 2 atom stereocenters. The van der Waals surface area contributed by atoms with Gasteiger partial charge in [-0.2, -0.15) is 0 Å². The van der Waals surface area contributed by atoms with Crippen LogP contribution in [0.5, 0.6) is 0 Å². The van der Waals surface area contributed by atoms with Crippen molar-refractivity contribution in [1.29, 1.82) is 0 Å². The molecule has 1 aromatic heterocycles. The molecule has 3 aromatic rings. The highest BCUT2D eigenvalue weighted by molar-refractivity contribution is 6.31. The lowest BCUT2D eigenvalue weighted by atomic mass is 10.0. The molecule has 1 heterocycles. The van der Waals surface area contributed by atoms with Crippen molar-refractivity contribution in [3.8, 4) is 0 Å². The second-order valence-electron chi connectivity index (χ2n) is 5.41. The molecular weight excluding hydrogens is 296 g/mol. The fourth-order valence-corrected chi connectivity index (χ4v) is 3.10. The van der Waals surface area contributed by atoms with E-state index in [0.29, 0.717) is 6.54 Å². The second kappa shape index (κ2) is 6.53. The van der Waals surface area contributed by atoms with Gasteiger partial charge in [-0.25, -0.2) is 0 Å². The number of nitrogens with zero attached hydrogens (tertiary/aromatic N) is 1. The summed E-state index contributed by atoms with van der Waals surface area (Å²) in [5, 5.41) is 15.5. The van der Waals surface area contributed by atoms with Crippen LogP contribution >= 0.6 is 11.6 Å². The van der Waals surface area contributed by atoms with Gasteiger partial charge in [-0.1, -0.05) is 41.9 Å². The molecule has 0 fully saturated rings. The summed E-state index contributed by atoms with van der Waals surface area (Å²) in [6.07, 6.45) is 1.48. The zero-order valence-corrected chi connectivity index (χ0v) is 13.2. The molecule has 4 heteroatoms. The minimum absolute atomic E-state index is 0.146. The molecule has 0 aliphatic heterocycles. The van der Waals surface area contributed by atoms with Crippen molar-refractivity contribution in [1.82, 2.24) is 9.88 Å². The number of benzene rings is 2. The van der Waals surface area contributed by atoms with Gasteiger partial charge < -0.3 is 15.0 Å². The smallest absolute Gasteiger partial charge is 0.0912 e. The molecule has 0 aliphatic rings. The maximum atomic E-state index is 10.6. The zero-order chi connectivity index (χ0) is 15.5. The Morgan fingerprint density at radius 2 is 1.91 bits per heavy atom. The largest absolute Gasteiger partial charge is 0.389 e. The maximum Gasteiger partial charge on any atom is 0.0912 e. The van der Waals surface area contributed by atoms with Gasteiger partial charge in [0.15, 0.2) is 0 Å². The summed E-state index contributed by atoms with van der Waals surface area (Å²) in [4.78, 5) is 0. The first-order chi connectivity index (χ1) is 10.7. The summed E-state index contributed by atoms with van der Waals surface area (Å²) in [6.45, 7) is 0.521. The Morgan fingerprint density at radius 1 is 1.14 bits per heavy atom. The summed E-state index contributed by atoms with van der Waals surface area (Å²) in [6, 6.07) is 17.8. The number of aliphatic hydroxyl groups excluding tert-OH is 1. The number of nitrogens with one attached hydrogen (secondary N) is 1. The number of hydrogen-bond donors (Lipinski definition) is 2. The molecule has 3 nitrogen and oxygen atoms in total. The first-order valence-corrected chi connectivity index (χ1v) is 7.72. The van der Waals surface area contributed by atoms with E-state index in [0.717, 1.165) is 21.5 Å². The van der Waals surface area contributed by atoms with Gasteiger partial charge in [-0.15, -0.1) is 0 Å². The van der Waals surface area contributed by atoms with E-state index in [-0.39, 0.29) is 6.04 Å². The predicted molar refractivity (Wildman–Crippen MR) is 91.5 cm³/mol. The Labute approximate surface area is 135 Å². The Kier molecular flexibility index (Phi) is 4.48. The van der Waals surface area contributed by atoms with E-state index in [2.05, 4.69) is 9.88 Å².